The third kappa shape index (κ3) is 3.12. The van der Waals surface area contributed by atoms with Crippen molar-refractivity contribution in [1.29, 1.82) is 0 Å². The molecular formula is C17H20N2O3S. The van der Waals surface area contributed by atoms with Gasteiger partial charge < -0.3 is 4.90 Å². The van der Waals surface area contributed by atoms with Gasteiger partial charge in [-0.2, -0.15) is 0 Å². The first-order valence-electron chi connectivity index (χ1n) is 7.54. The summed E-state index contributed by atoms with van der Waals surface area (Å²) < 4.78 is 0.561. The summed E-state index contributed by atoms with van der Waals surface area (Å²) in [5.74, 6) is -0.907. The topological polar surface area (TPSA) is 57.7 Å². The minimum absolute atomic E-state index is 0.164. The van der Waals surface area contributed by atoms with Crippen LogP contribution in [0.3, 0.4) is 0 Å². The molecule has 0 atom stereocenters. The largest absolute Gasteiger partial charge is 0.370 e. The zero-order valence-electron chi connectivity index (χ0n) is 13.8. The van der Waals surface area contributed by atoms with Crippen molar-refractivity contribution in [3.05, 3.63) is 33.8 Å². The number of imide groups is 1. The number of amides is 2. The molecule has 5 nitrogen and oxygen atoms in total. The standard InChI is InChI=1S/C17H20N2O3S/c1-5-18(6-2)15-13-9-7-8-10-14(13)23-17(22)16(15)19(11(3)20)12(4)21/h7-10H,5-6H2,1-4H3. The predicted octanol–water partition coefficient (Wildman–Crippen LogP) is 3.01. The zero-order valence-corrected chi connectivity index (χ0v) is 14.6. The Kier molecular flexibility index (Phi) is 5.15. The van der Waals surface area contributed by atoms with Gasteiger partial charge in [0, 0.05) is 37.0 Å². The van der Waals surface area contributed by atoms with Gasteiger partial charge in [0.25, 0.3) is 4.74 Å². The van der Waals surface area contributed by atoms with E-state index in [2.05, 4.69) is 0 Å². The molecule has 0 radical (unpaired) electrons. The molecule has 0 N–H and O–H groups in total. The van der Waals surface area contributed by atoms with Gasteiger partial charge in [-0.05, 0) is 19.9 Å². The smallest absolute Gasteiger partial charge is 0.259 e. The molecule has 0 unspecified atom stereocenters. The van der Waals surface area contributed by atoms with Crippen LogP contribution in [0.25, 0.3) is 10.1 Å². The first-order valence-corrected chi connectivity index (χ1v) is 8.36. The van der Waals surface area contributed by atoms with Crippen LogP contribution in [0, 0.1) is 0 Å². The van der Waals surface area contributed by atoms with Gasteiger partial charge >= 0.3 is 0 Å². The Hall–Kier alpha value is -2.21. The van der Waals surface area contributed by atoms with E-state index in [9.17, 15) is 14.4 Å². The summed E-state index contributed by atoms with van der Waals surface area (Å²) in [5.41, 5.74) is 0.817. The number of benzene rings is 1. The molecule has 0 aliphatic carbocycles. The van der Waals surface area contributed by atoms with Gasteiger partial charge in [-0.25, -0.2) is 4.90 Å². The van der Waals surface area contributed by atoms with Crippen LogP contribution in [0.5, 0.6) is 0 Å². The number of hydrogen-bond acceptors (Lipinski definition) is 5. The number of anilines is 2. The van der Waals surface area contributed by atoms with E-state index >= 15 is 0 Å². The van der Waals surface area contributed by atoms with Crippen LogP contribution >= 0.6 is 11.3 Å². The minimum Gasteiger partial charge on any atom is -0.370 e. The summed E-state index contributed by atoms with van der Waals surface area (Å²) in [6.45, 7) is 7.90. The highest BCUT2D eigenvalue weighted by Gasteiger charge is 2.27. The second-order valence-corrected chi connectivity index (χ2v) is 6.14. The van der Waals surface area contributed by atoms with E-state index < -0.39 is 11.8 Å². The molecule has 1 aromatic heterocycles. The number of fused-ring (bicyclic) bond motifs is 1. The number of rotatable bonds is 4. The number of hydrogen-bond donors (Lipinski definition) is 0. The summed E-state index contributed by atoms with van der Waals surface area (Å²) in [5, 5.41) is 0.878. The molecule has 2 rings (SSSR count). The van der Waals surface area contributed by atoms with Crippen molar-refractivity contribution >= 4 is 44.6 Å². The summed E-state index contributed by atoms with van der Waals surface area (Å²) in [4.78, 5) is 39.6. The average Bonchev–Trinajstić information content (AvgIpc) is 2.50. The zero-order chi connectivity index (χ0) is 17.1. The van der Waals surface area contributed by atoms with Crippen molar-refractivity contribution < 1.29 is 9.59 Å². The Balaban J connectivity index is 2.94. The Morgan fingerprint density at radius 2 is 1.57 bits per heavy atom. The lowest BCUT2D eigenvalue weighted by Gasteiger charge is -2.28. The highest BCUT2D eigenvalue weighted by atomic mass is 32.1. The van der Waals surface area contributed by atoms with Gasteiger partial charge in [0.05, 0.1) is 5.69 Å². The van der Waals surface area contributed by atoms with Crippen molar-refractivity contribution in [3.8, 4) is 0 Å². The first kappa shape index (κ1) is 17.1. The lowest BCUT2D eigenvalue weighted by atomic mass is 10.1. The summed E-state index contributed by atoms with van der Waals surface area (Å²) in [6, 6.07) is 7.56. The molecule has 2 amide bonds. The van der Waals surface area contributed by atoms with Crippen LogP contribution in [0.15, 0.2) is 29.1 Å². The van der Waals surface area contributed by atoms with Crippen LogP contribution in [-0.4, -0.2) is 24.9 Å². The fourth-order valence-electron chi connectivity index (χ4n) is 2.72. The second kappa shape index (κ2) is 6.91. The van der Waals surface area contributed by atoms with Crippen LogP contribution in [0.1, 0.15) is 27.7 Å². The normalized spacial score (nSPS) is 10.6. The monoisotopic (exact) mass is 332 g/mol. The second-order valence-electron chi connectivity index (χ2n) is 5.13. The van der Waals surface area contributed by atoms with E-state index in [0.29, 0.717) is 18.8 Å². The molecule has 6 heteroatoms. The van der Waals surface area contributed by atoms with Gasteiger partial charge in [-0.15, -0.1) is 0 Å². The van der Waals surface area contributed by atoms with Crippen molar-refractivity contribution in [3.63, 3.8) is 0 Å². The fourth-order valence-corrected chi connectivity index (χ4v) is 3.62. The van der Waals surface area contributed by atoms with Crippen LogP contribution in [-0.2, 0) is 9.59 Å². The molecular weight excluding hydrogens is 312 g/mol. The highest BCUT2D eigenvalue weighted by Crippen LogP contribution is 2.36. The van der Waals surface area contributed by atoms with Gasteiger partial charge in [-0.3, -0.25) is 14.4 Å². The molecule has 2 aromatic rings. The van der Waals surface area contributed by atoms with Crippen molar-refractivity contribution in [1.82, 2.24) is 0 Å². The maximum atomic E-state index is 12.7. The van der Waals surface area contributed by atoms with Gasteiger partial charge in [0.15, 0.2) is 0 Å². The maximum Gasteiger partial charge on any atom is 0.259 e. The molecule has 1 aromatic carbocycles. The van der Waals surface area contributed by atoms with E-state index in [1.54, 1.807) is 0 Å². The maximum absolute atomic E-state index is 12.7. The Bertz CT molecular complexity index is 795. The van der Waals surface area contributed by atoms with Gasteiger partial charge in [0.2, 0.25) is 11.8 Å². The van der Waals surface area contributed by atoms with E-state index in [1.165, 1.54) is 13.8 Å². The molecule has 23 heavy (non-hydrogen) atoms. The third-order valence-corrected chi connectivity index (χ3v) is 4.65. The van der Waals surface area contributed by atoms with E-state index in [1.807, 2.05) is 43.0 Å². The molecule has 0 aliphatic rings. The first-order chi connectivity index (χ1) is 10.9. The third-order valence-electron chi connectivity index (χ3n) is 3.70. The highest BCUT2D eigenvalue weighted by molar-refractivity contribution is 7.16. The molecule has 122 valence electrons. The van der Waals surface area contributed by atoms with E-state index in [-0.39, 0.29) is 10.4 Å². The minimum atomic E-state index is -0.453. The van der Waals surface area contributed by atoms with Crippen molar-refractivity contribution in [2.45, 2.75) is 27.7 Å². The molecule has 0 aliphatic heterocycles. The summed E-state index contributed by atoms with van der Waals surface area (Å²) in [7, 11) is 0. The van der Waals surface area contributed by atoms with E-state index in [4.69, 9.17) is 0 Å². The number of carbonyl (C=O) groups excluding carboxylic acids is 2. The Morgan fingerprint density at radius 3 is 2.09 bits per heavy atom. The molecule has 1 heterocycles. The van der Waals surface area contributed by atoms with Gasteiger partial charge in [-0.1, -0.05) is 29.5 Å². The summed E-state index contributed by atoms with van der Waals surface area (Å²) in [6.07, 6.45) is 0. The lowest BCUT2D eigenvalue weighted by molar-refractivity contribution is -0.124. The van der Waals surface area contributed by atoms with Gasteiger partial charge in [0.1, 0.15) is 5.69 Å². The Labute approximate surface area is 139 Å². The average molecular weight is 332 g/mol. The molecule has 0 spiro atoms. The lowest BCUT2D eigenvalue weighted by Crippen LogP contribution is -2.38. The molecule has 0 bridgehead atoms. The van der Waals surface area contributed by atoms with Crippen molar-refractivity contribution in [2.75, 3.05) is 22.9 Å². The quantitative estimate of drug-likeness (QED) is 0.863. The van der Waals surface area contributed by atoms with E-state index in [0.717, 1.165) is 26.3 Å². The van der Waals surface area contributed by atoms with Crippen molar-refractivity contribution in [2.24, 2.45) is 0 Å². The number of carbonyl (C=O) groups is 2. The molecule has 0 saturated carbocycles. The molecule has 0 saturated heterocycles. The Morgan fingerprint density at radius 1 is 1.00 bits per heavy atom. The fraction of sp³-hybridized carbons (Fsp3) is 0.353. The number of nitrogens with zero attached hydrogens (tertiary/aromatic N) is 2. The van der Waals surface area contributed by atoms with Crippen LogP contribution in [0.2, 0.25) is 0 Å². The van der Waals surface area contributed by atoms with Crippen LogP contribution in [0.4, 0.5) is 11.4 Å². The predicted molar refractivity (Wildman–Crippen MR) is 95.5 cm³/mol. The van der Waals surface area contributed by atoms with Crippen LogP contribution < -0.4 is 14.5 Å². The summed E-state index contributed by atoms with van der Waals surface area (Å²) >= 11 is 1.06. The molecule has 0 fully saturated rings. The SMILES string of the molecule is CCN(CC)c1c(N(C(C)=O)C(C)=O)c(=O)sc2ccccc12.